The average Bonchev–Trinajstić information content (AvgIpc) is 3.40. The summed E-state index contributed by atoms with van der Waals surface area (Å²) in [5, 5.41) is 3.41. The van der Waals surface area contributed by atoms with Crippen LogP contribution in [0, 0.1) is 11.2 Å². The van der Waals surface area contributed by atoms with Crippen LogP contribution < -0.4 is 5.32 Å². The largest absolute Gasteiger partial charge is 0.352 e. The normalized spacial score (nSPS) is 18.7. The molecule has 146 valence electrons. The number of aliphatic imine (C=N–C) groups is 1. The number of guanidine groups is 1. The zero-order chi connectivity index (χ0) is 18.0. The fourth-order valence-corrected chi connectivity index (χ4v) is 4.43. The standard InChI is InChI=1S/C20H26FN5.HI/c1-22-19(25-10-8-20(14-25)6-2-3-7-20)24-13-16-4-5-18(17(21)12-16)26-11-9-23-15-26;/h4-5,9,11-12,15H,2-3,6-8,10,13-14H2,1H3,(H,22,24);1H. The number of benzene rings is 1. The van der Waals surface area contributed by atoms with E-state index in [2.05, 4.69) is 20.2 Å². The van der Waals surface area contributed by atoms with Gasteiger partial charge in [0.1, 0.15) is 5.82 Å². The van der Waals surface area contributed by atoms with Gasteiger partial charge in [-0.1, -0.05) is 18.9 Å². The minimum absolute atomic E-state index is 0. The smallest absolute Gasteiger partial charge is 0.193 e. The summed E-state index contributed by atoms with van der Waals surface area (Å²) < 4.78 is 16.1. The minimum Gasteiger partial charge on any atom is -0.352 e. The highest BCUT2D eigenvalue weighted by molar-refractivity contribution is 14.0. The van der Waals surface area contributed by atoms with Crippen LogP contribution in [-0.4, -0.2) is 40.5 Å². The van der Waals surface area contributed by atoms with Crippen molar-refractivity contribution in [3.63, 3.8) is 0 Å². The summed E-state index contributed by atoms with van der Waals surface area (Å²) >= 11 is 0. The Morgan fingerprint density at radius 2 is 2.11 bits per heavy atom. The Balaban J connectivity index is 0.00000210. The second-order valence-electron chi connectivity index (χ2n) is 7.54. The van der Waals surface area contributed by atoms with Gasteiger partial charge in [0.25, 0.3) is 0 Å². The summed E-state index contributed by atoms with van der Waals surface area (Å²) in [5.41, 5.74) is 1.93. The first-order valence-corrected chi connectivity index (χ1v) is 9.41. The van der Waals surface area contributed by atoms with Gasteiger partial charge in [-0.25, -0.2) is 9.37 Å². The van der Waals surface area contributed by atoms with Crippen molar-refractivity contribution < 1.29 is 4.39 Å². The number of nitrogens with zero attached hydrogens (tertiary/aromatic N) is 4. The summed E-state index contributed by atoms with van der Waals surface area (Å²) in [6.07, 6.45) is 11.7. The third-order valence-corrected chi connectivity index (χ3v) is 5.86. The van der Waals surface area contributed by atoms with Gasteiger partial charge in [0, 0.05) is 39.1 Å². The Morgan fingerprint density at radius 3 is 2.78 bits per heavy atom. The Labute approximate surface area is 177 Å². The molecule has 2 heterocycles. The molecule has 0 radical (unpaired) electrons. The Kier molecular flexibility index (Phi) is 6.39. The maximum Gasteiger partial charge on any atom is 0.193 e. The van der Waals surface area contributed by atoms with E-state index in [0.717, 1.165) is 24.6 Å². The van der Waals surface area contributed by atoms with Crippen LogP contribution in [0.4, 0.5) is 4.39 Å². The fourth-order valence-electron chi connectivity index (χ4n) is 4.43. The minimum atomic E-state index is -0.247. The van der Waals surface area contributed by atoms with Gasteiger partial charge in [0.05, 0.1) is 12.0 Å². The zero-order valence-electron chi connectivity index (χ0n) is 15.7. The number of rotatable bonds is 3. The number of nitrogens with one attached hydrogen (secondary N) is 1. The first-order chi connectivity index (χ1) is 12.7. The molecule has 5 nitrogen and oxygen atoms in total. The van der Waals surface area contributed by atoms with Crippen molar-refractivity contribution in [1.82, 2.24) is 19.8 Å². The van der Waals surface area contributed by atoms with E-state index in [4.69, 9.17) is 0 Å². The van der Waals surface area contributed by atoms with E-state index < -0.39 is 0 Å². The maximum absolute atomic E-state index is 14.4. The molecule has 1 saturated carbocycles. The molecular weight excluding hydrogens is 456 g/mol. The van der Waals surface area contributed by atoms with Crippen LogP contribution in [0.2, 0.25) is 0 Å². The highest BCUT2D eigenvalue weighted by Gasteiger charge is 2.41. The predicted octanol–water partition coefficient (Wildman–Crippen LogP) is 3.97. The van der Waals surface area contributed by atoms with Crippen LogP contribution in [0.25, 0.3) is 5.69 Å². The van der Waals surface area contributed by atoms with Crippen molar-refractivity contribution in [1.29, 1.82) is 0 Å². The number of imidazole rings is 1. The van der Waals surface area contributed by atoms with Crippen LogP contribution in [-0.2, 0) is 6.54 Å². The molecule has 0 amide bonds. The molecule has 1 aromatic carbocycles. The maximum atomic E-state index is 14.4. The van der Waals surface area contributed by atoms with Gasteiger partial charge in [-0.2, -0.15) is 0 Å². The lowest BCUT2D eigenvalue weighted by atomic mass is 9.86. The van der Waals surface area contributed by atoms with Crippen LogP contribution in [0.5, 0.6) is 0 Å². The summed E-state index contributed by atoms with van der Waals surface area (Å²) in [5.74, 6) is 0.677. The van der Waals surface area contributed by atoms with Gasteiger partial charge in [-0.3, -0.25) is 4.99 Å². The molecule has 7 heteroatoms. The lowest BCUT2D eigenvalue weighted by molar-refractivity contribution is 0.309. The fraction of sp³-hybridized carbons (Fsp3) is 0.500. The van der Waals surface area contributed by atoms with Gasteiger partial charge in [-0.05, 0) is 42.4 Å². The van der Waals surface area contributed by atoms with Crippen molar-refractivity contribution in [2.75, 3.05) is 20.1 Å². The quantitative estimate of drug-likeness (QED) is 0.409. The predicted molar refractivity (Wildman–Crippen MR) is 116 cm³/mol. The van der Waals surface area contributed by atoms with E-state index in [9.17, 15) is 4.39 Å². The highest BCUT2D eigenvalue weighted by Crippen LogP contribution is 2.45. The van der Waals surface area contributed by atoms with Crippen LogP contribution in [0.15, 0.2) is 41.9 Å². The molecule has 0 atom stereocenters. The second-order valence-corrected chi connectivity index (χ2v) is 7.54. The van der Waals surface area contributed by atoms with Crippen molar-refractivity contribution in [3.8, 4) is 5.69 Å². The molecule has 27 heavy (non-hydrogen) atoms. The third kappa shape index (κ3) is 4.28. The summed E-state index contributed by atoms with van der Waals surface area (Å²) in [7, 11) is 1.82. The van der Waals surface area contributed by atoms with Crippen molar-refractivity contribution in [2.24, 2.45) is 10.4 Å². The monoisotopic (exact) mass is 483 g/mol. The van der Waals surface area contributed by atoms with Gasteiger partial charge >= 0.3 is 0 Å². The Bertz CT molecular complexity index is 784. The second kappa shape index (κ2) is 8.58. The molecule has 1 saturated heterocycles. The highest BCUT2D eigenvalue weighted by atomic mass is 127. The number of hydrogen-bond donors (Lipinski definition) is 1. The van der Waals surface area contributed by atoms with E-state index in [1.165, 1.54) is 32.1 Å². The summed E-state index contributed by atoms with van der Waals surface area (Å²) in [6, 6.07) is 5.32. The number of hydrogen-bond acceptors (Lipinski definition) is 2. The van der Waals surface area contributed by atoms with Crippen molar-refractivity contribution in [3.05, 3.63) is 48.3 Å². The molecule has 1 spiro atoms. The van der Waals surface area contributed by atoms with E-state index in [-0.39, 0.29) is 29.8 Å². The van der Waals surface area contributed by atoms with Crippen molar-refractivity contribution in [2.45, 2.75) is 38.6 Å². The molecule has 1 aromatic heterocycles. The molecular formula is C20H27FIN5. The lowest BCUT2D eigenvalue weighted by Gasteiger charge is -2.26. The summed E-state index contributed by atoms with van der Waals surface area (Å²) in [4.78, 5) is 10.8. The Hall–Kier alpha value is -1.64. The van der Waals surface area contributed by atoms with E-state index in [0.29, 0.717) is 17.6 Å². The molecule has 2 aromatic rings. The van der Waals surface area contributed by atoms with E-state index in [1.807, 2.05) is 13.1 Å². The Morgan fingerprint density at radius 1 is 1.30 bits per heavy atom. The van der Waals surface area contributed by atoms with Crippen LogP contribution in [0.1, 0.15) is 37.7 Å². The molecule has 1 aliphatic heterocycles. The first-order valence-electron chi connectivity index (χ1n) is 9.41. The first kappa shape index (κ1) is 20.1. The van der Waals surface area contributed by atoms with Gasteiger partial charge < -0.3 is 14.8 Å². The molecule has 2 fully saturated rings. The van der Waals surface area contributed by atoms with Gasteiger partial charge in [0.15, 0.2) is 5.96 Å². The SMILES string of the molecule is CN=C(NCc1ccc(-n2ccnc2)c(F)c1)N1CCC2(CCCC2)C1.I. The summed E-state index contributed by atoms with van der Waals surface area (Å²) in [6.45, 7) is 2.73. The van der Waals surface area contributed by atoms with Crippen LogP contribution >= 0.6 is 24.0 Å². The molecule has 1 aliphatic carbocycles. The molecule has 1 N–H and O–H groups in total. The van der Waals surface area contributed by atoms with E-state index >= 15 is 0 Å². The molecule has 0 unspecified atom stereocenters. The molecule has 2 aliphatic rings. The van der Waals surface area contributed by atoms with Crippen molar-refractivity contribution >= 4 is 29.9 Å². The van der Waals surface area contributed by atoms with Gasteiger partial charge in [0.2, 0.25) is 0 Å². The van der Waals surface area contributed by atoms with Gasteiger partial charge in [-0.15, -0.1) is 24.0 Å². The molecule has 0 bridgehead atoms. The average molecular weight is 483 g/mol. The van der Waals surface area contributed by atoms with Crippen LogP contribution in [0.3, 0.4) is 0 Å². The van der Waals surface area contributed by atoms with E-state index in [1.54, 1.807) is 35.4 Å². The third-order valence-electron chi connectivity index (χ3n) is 5.86. The molecule has 4 rings (SSSR count). The number of likely N-dealkylation sites (tertiary alicyclic amines) is 1. The number of aromatic nitrogens is 2. The lowest BCUT2D eigenvalue weighted by Crippen LogP contribution is -2.40. The number of halogens is 2. The zero-order valence-corrected chi connectivity index (χ0v) is 18.0. The topological polar surface area (TPSA) is 45.5 Å².